The number of amides is 1. The minimum absolute atomic E-state index is 0.0538. The van der Waals surface area contributed by atoms with E-state index in [1.807, 2.05) is 12.1 Å². The lowest BCUT2D eigenvalue weighted by Crippen LogP contribution is -2.36. The smallest absolute Gasteiger partial charge is 0.317 e. The summed E-state index contributed by atoms with van der Waals surface area (Å²) in [5.41, 5.74) is 5.05. The van der Waals surface area contributed by atoms with Crippen molar-refractivity contribution in [2.45, 2.75) is 6.54 Å². The SMILES string of the molecule is NC(=O)CN(CC(=O)O)Cc1ccc(Br)s1. The normalized spacial score (nSPS) is 10.6. The number of carbonyl (C=O) groups is 2. The standard InChI is InChI=1S/C9H11BrN2O3S/c10-7-2-1-6(16-7)3-12(4-8(11)13)5-9(14)15/h1-2H,3-5H2,(H2,11,13)(H,14,15). The number of hydrogen-bond donors (Lipinski definition) is 2. The molecule has 0 saturated carbocycles. The summed E-state index contributed by atoms with van der Waals surface area (Å²) in [7, 11) is 0. The summed E-state index contributed by atoms with van der Waals surface area (Å²) >= 11 is 4.82. The third-order valence-corrected chi connectivity index (χ3v) is 3.36. The minimum atomic E-state index is -0.975. The number of halogens is 1. The van der Waals surface area contributed by atoms with Crippen LogP contribution >= 0.6 is 27.3 Å². The molecule has 0 radical (unpaired) electrons. The van der Waals surface area contributed by atoms with Gasteiger partial charge < -0.3 is 10.8 Å². The molecule has 1 aromatic rings. The van der Waals surface area contributed by atoms with Gasteiger partial charge in [0, 0.05) is 11.4 Å². The second-order valence-corrected chi connectivity index (χ2v) is 5.76. The first-order valence-corrected chi connectivity index (χ1v) is 6.05. The fourth-order valence-corrected chi connectivity index (χ4v) is 2.76. The molecule has 1 rings (SSSR count). The van der Waals surface area contributed by atoms with Crippen molar-refractivity contribution < 1.29 is 14.7 Å². The molecule has 0 atom stereocenters. The van der Waals surface area contributed by atoms with Crippen LogP contribution in [-0.2, 0) is 16.1 Å². The quantitative estimate of drug-likeness (QED) is 0.817. The third-order valence-electron chi connectivity index (χ3n) is 1.75. The first-order valence-electron chi connectivity index (χ1n) is 4.44. The van der Waals surface area contributed by atoms with Gasteiger partial charge in [-0.3, -0.25) is 14.5 Å². The highest BCUT2D eigenvalue weighted by molar-refractivity contribution is 9.11. The maximum atomic E-state index is 10.8. The fraction of sp³-hybridized carbons (Fsp3) is 0.333. The van der Waals surface area contributed by atoms with Gasteiger partial charge in [0.2, 0.25) is 5.91 Å². The van der Waals surface area contributed by atoms with Crippen LogP contribution < -0.4 is 5.73 Å². The molecule has 0 unspecified atom stereocenters. The number of thiophene rings is 1. The first kappa shape index (κ1) is 13.1. The number of aliphatic carboxylic acids is 1. The fourth-order valence-electron chi connectivity index (χ4n) is 1.24. The highest BCUT2D eigenvalue weighted by Gasteiger charge is 2.13. The molecule has 5 nitrogen and oxygen atoms in total. The number of rotatable bonds is 6. The average molecular weight is 307 g/mol. The molecule has 0 aliphatic carbocycles. The lowest BCUT2D eigenvalue weighted by Gasteiger charge is -2.16. The van der Waals surface area contributed by atoms with Gasteiger partial charge in [-0.2, -0.15) is 0 Å². The van der Waals surface area contributed by atoms with Crippen LogP contribution in [0, 0.1) is 0 Å². The van der Waals surface area contributed by atoms with Crippen LogP contribution in [-0.4, -0.2) is 35.0 Å². The molecule has 88 valence electrons. The number of carboxylic acids is 1. The number of hydrogen-bond acceptors (Lipinski definition) is 4. The monoisotopic (exact) mass is 306 g/mol. The minimum Gasteiger partial charge on any atom is -0.480 e. The topological polar surface area (TPSA) is 83.6 Å². The summed E-state index contributed by atoms with van der Waals surface area (Å²) in [6.07, 6.45) is 0. The molecule has 0 fully saturated rings. The van der Waals surface area contributed by atoms with E-state index in [2.05, 4.69) is 15.9 Å². The summed E-state index contributed by atoms with van der Waals surface area (Å²) in [6, 6.07) is 3.76. The number of primary amides is 1. The molecule has 1 amide bonds. The van der Waals surface area contributed by atoms with Crippen LogP contribution in [0.15, 0.2) is 15.9 Å². The van der Waals surface area contributed by atoms with Crippen LogP contribution in [0.5, 0.6) is 0 Å². The Bertz CT molecular complexity index is 378. The van der Waals surface area contributed by atoms with E-state index in [1.165, 1.54) is 16.2 Å². The molecule has 0 saturated heterocycles. The van der Waals surface area contributed by atoms with Crippen LogP contribution in [0.4, 0.5) is 0 Å². The third kappa shape index (κ3) is 4.73. The van der Waals surface area contributed by atoms with Crippen LogP contribution in [0.2, 0.25) is 0 Å². The average Bonchev–Trinajstić information content (AvgIpc) is 2.48. The molecule has 0 aliphatic heterocycles. The molecule has 0 bridgehead atoms. The van der Waals surface area contributed by atoms with E-state index in [0.717, 1.165) is 8.66 Å². The largest absolute Gasteiger partial charge is 0.480 e. The van der Waals surface area contributed by atoms with Crippen molar-refractivity contribution in [3.63, 3.8) is 0 Å². The highest BCUT2D eigenvalue weighted by atomic mass is 79.9. The van der Waals surface area contributed by atoms with Crippen molar-refractivity contribution in [1.29, 1.82) is 0 Å². The lowest BCUT2D eigenvalue weighted by molar-refractivity contribution is -0.138. The Hall–Kier alpha value is -0.920. The zero-order valence-corrected chi connectivity index (χ0v) is 10.8. The van der Waals surface area contributed by atoms with Gasteiger partial charge in [-0.25, -0.2) is 0 Å². The van der Waals surface area contributed by atoms with Crippen LogP contribution in [0.1, 0.15) is 4.88 Å². The molecular weight excluding hydrogens is 296 g/mol. The van der Waals surface area contributed by atoms with Gasteiger partial charge in [0.05, 0.1) is 16.9 Å². The molecule has 0 aliphatic rings. The molecule has 0 spiro atoms. The predicted octanol–water partition coefficient (Wildman–Crippen LogP) is 0.883. The van der Waals surface area contributed by atoms with E-state index in [-0.39, 0.29) is 13.1 Å². The summed E-state index contributed by atoms with van der Waals surface area (Å²) in [4.78, 5) is 23.8. The number of carboxylic acid groups (broad SMARTS) is 1. The van der Waals surface area contributed by atoms with E-state index in [9.17, 15) is 9.59 Å². The molecule has 1 heterocycles. The van der Waals surface area contributed by atoms with Crippen molar-refractivity contribution in [1.82, 2.24) is 4.90 Å². The molecule has 3 N–H and O–H groups in total. The molecule has 7 heteroatoms. The number of carbonyl (C=O) groups excluding carboxylic acids is 1. The van der Waals surface area contributed by atoms with Gasteiger partial charge in [0.1, 0.15) is 0 Å². The number of nitrogens with zero attached hydrogens (tertiary/aromatic N) is 1. The summed E-state index contributed by atoms with van der Waals surface area (Å²) < 4.78 is 0.969. The van der Waals surface area contributed by atoms with Crippen molar-refractivity contribution in [3.8, 4) is 0 Å². The summed E-state index contributed by atoms with van der Waals surface area (Å²) in [5, 5.41) is 8.68. The van der Waals surface area contributed by atoms with Crippen LogP contribution in [0.3, 0.4) is 0 Å². The van der Waals surface area contributed by atoms with E-state index in [0.29, 0.717) is 6.54 Å². The Labute approximate surface area is 105 Å². The summed E-state index contributed by atoms with van der Waals surface area (Å²) in [5.74, 6) is -1.51. The second kappa shape index (κ2) is 5.97. The maximum absolute atomic E-state index is 10.8. The van der Waals surface area contributed by atoms with Crippen LogP contribution in [0.25, 0.3) is 0 Å². The highest BCUT2D eigenvalue weighted by Crippen LogP contribution is 2.23. The Kier molecular flexibility index (Phi) is 4.91. The van der Waals surface area contributed by atoms with Gasteiger partial charge in [-0.05, 0) is 28.1 Å². The van der Waals surface area contributed by atoms with E-state index in [1.54, 1.807) is 0 Å². The molecule has 0 aromatic carbocycles. The van der Waals surface area contributed by atoms with Gasteiger partial charge in [0.15, 0.2) is 0 Å². The Morgan fingerprint density at radius 3 is 2.56 bits per heavy atom. The maximum Gasteiger partial charge on any atom is 0.317 e. The Morgan fingerprint density at radius 1 is 1.44 bits per heavy atom. The Morgan fingerprint density at radius 2 is 2.12 bits per heavy atom. The second-order valence-electron chi connectivity index (χ2n) is 3.21. The molecular formula is C9H11BrN2O3S. The van der Waals surface area contributed by atoms with E-state index < -0.39 is 11.9 Å². The first-order chi connectivity index (χ1) is 7.47. The summed E-state index contributed by atoms with van der Waals surface area (Å²) in [6.45, 7) is 0.159. The predicted molar refractivity (Wildman–Crippen MR) is 64.1 cm³/mol. The zero-order valence-electron chi connectivity index (χ0n) is 8.35. The number of nitrogens with two attached hydrogens (primary N) is 1. The van der Waals surface area contributed by atoms with Crippen molar-refractivity contribution in [3.05, 3.63) is 20.8 Å². The van der Waals surface area contributed by atoms with Crippen molar-refractivity contribution >= 4 is 39.1 Å². The van der Waals surface area contributed by atoms with Crippen molar-refractivity contribution in [2.24, 2.45) is 5.73 Å². The molecule has 1 aromatic heterocycles. The van der Waals surface area contributed by atoms with Gasteiger partial charge in [0.25, 0.3) is 0 Å². The van der Waals surface area contributed by atoms with Gasteiger partial charge >= 0.3 is 5.97 Å². The van der Waals surface area contributed by atoms with E-state index in [4.69, 9.17) is 10.8 Å². The zero-order chi connectivity index (χ0) is 12.1. The molecule has 16 heavy (non-hydrogen) atoms. The Balaban J connectivity index is 2.62. The van der Waals surface area contributed by atoms with Crippen molar-refractivity contribution in [2.75, 3.05) is 13.1 Å². The van der Waals surface area contributed by atoms with Gasteiger partial charge in [-0.15, -0.1) is 11.3 Å². The lowest BCUT2D eigenvalue weighted by atomic mass is 10.4. The van der Waals surface area contributed by atoms with E-state index >= 15 is 0 Å². The van der Waals surface area contributed by atoms with Gasteiger partial charge in [-0.1, -0.05) is 0 Å².